The molecule has 0 saturated heterocycles. The summed E-state index contributed by atoms with van der Waals surface area (Å²) in [6.07, 6.45) is 1.84. The van der Waals surface area contributed by atoms with Crippen molar-refractivity contribution in [3.05, 3.63) is 64.0 Å². The van der Waals surface area contributed by atoms with Gasteiger partial charge < -0.3 is 4.98 Å². The Kier molecular flexibility index (Phi) is 2.90. The summed E-state index contributed by atoms with van der Waals surface area (Å²) in [6, 6.07) is 16.2. The number of para-hydroxylation sites is 1. The Morgan fingerprint density at radius 1 is 1.10 bits per heavy atom. The summed E-state index contributed by atoms with van der Waals surface area (Å²) in [4.78, 5) is 7.71. The van der Waals surface area contributed by atoms with Crippen LogP contribution in [0.5, 0.6) is 0 Å². The van der Waals surface area contributed by atoms with Crippen LogP contribution in [0.15, 0.2) is 59.2 Å². The lowest BCUT2D eigenvalue weighted by atomic mass is 10.2. The normalized spacial score (nSPS) is 11.3. The first kappa shape index (κ1) is 12.7. The number of hydrogen-bond donors (Lipinski definition) is 1. The molecule has 4 rings (SSSR count). The number of aromatic amines is 1. The van der Waals surface area contributed by atoms with Crippen molar-refractivity contribution in [3.8, 4) is 5.69 Å². The van der Waals surface area contributed by atoms with Gasteiger partial charge in [-0.2, -0.15) is 0 Å². The predicted molar refractivity (Wildman–Crippen MR) is 91.5 cm³/mol. The third-order valence-electron chi connectivity index (χ3n) is 3.48. The molecule has 0 atom stereocenters. The van der Waals surface area contributed by atoms with Gasteiger partial charge in [0.1, 0.15) is 0 Å². The summed E-state index contributed by atoms with van der Waals surface area (Å²) in [7, 11) is 0. The zero-order valence-electron chi connectivity index (χ0n) is 10.9. The van der Waals surface area contributed by atoms with Gasteiger partial charge in [-0.3, -0.25) is 9.55 Å². The second kappa shape index (κ2) is 4.79. The maximum Gasteiger partial charge on any atom is 0.182 e. The Morgan fingerprint density at radius 2 is 1.95 bits per heavy atom. The highest BCUT2D eigenvalue weighted by molar-refractivity contribution is 9.10. The van der Waals surface area contributed by atoms with Gasteiger partial charge in [0.15, 0.2) is 4.77 Å². The molecule has 0 unspecified atom stereocenters. The number of nitrogens with zero attached hydrogens (tertiary/aromatic N) is 2. The van der Waals surface area contributed by atoms with Gasteiger partial charge in [0.05, 0.1) is 22.7 Å². The number of halogens is 1. The van der Waals surface area contributed by atoms with Crippen molar-refractivity contribution >= 4 is 50.1 Å². The van der Waals surface area contributed by atoms with Crippen LogP contribution in [0.4, 0.5) is 0 Å². The molecule has 2 heterocycles. The van der Waals surface area contributed by atoms with E-state index in [-0.39, 0.29) is 0 Å². The van der Waals surface area contributed by atoms with Gasteiger partial charge in [0.25, 0.3) is 0 Å². The van der Waals surface area contributed by atoms with Gasteiger partial charge in [-0.05, 0) is 36.5 Å². The minimum absolute atomic E-state index is 0.668. The van der Waals surface area contributed by atoms with E-state index in [0.29, 0.717) is 4.77 Å². The van der Waals surface area contributed by atoms with Crippen molar-refractivity contribution in [1.29, 1.82) is 0 Å². The van der Waals surface area contributed by atoms with Crippen molar-refractivity contribution < 1.29 is 0 Å². The Balaban J connectivity index is 2.20. The number of benzene rings is 2. The molecule has 0 aliphatic heterocycles. The van der Waals surface area contributed by atoms with Crippen LogP contribution in [0.25, 0.3) is 27.6 Å². The van der Waals surface area contributed by atoms with E-state index in [0.717, 1.165) is 32.1 Å². The summed E-state index contributed by atoms with van der Waals surface area (Å²) < 4.78 is 3.75. The second-order valence-electron chi connectivity index (χ2n) is 4.78. The minimum Gasteiger partial charge on any atom is -0.329 e. The molecule has 0 amide bonds. The number of rotatable bonds is 1. The predicted octanol–water partition coefficient (Wildman–Crippen LogP) is 5.00. The number of nitrogens with one attached hydrogen (secondary N) is 1. The third kappa shape index (κ3) is 2.01. The molecule has 2 aromatic carbocycles. The number of aromatic nitrogens is 3. The van der Waals surface area contributed by atoms with Gasteiger partial charge in [-0.25, -0.2) is 0 Å². The molecule has 0 bridgehead atoms. The molecule has 5 heteroatoms. The van der Waals surface area contributed by atoms with Gasteiger partial charge in [0, 0.05) is 15.5 Å². The smallest absolute Gasteiger partial charge is 0.182 e. The van der Waals surface area contributed by atoms with E-state index in [1.807, 2.05) is 42.6 Å². The summed E-state index contributed by atoms with van der Waals surface area (Å²) in [5.74, 6) is 0. The van der Waals surface area contributed by atoms with Crippen molar-refractivity contribution in [2.75, 3.05) is 0 Å². The molecule has 1 N–H and O–H groups in total. The lowest BCUT2D eigenvalue weighted by Gasteiger charge is -2.07. The average molecular weight is 356 g/mol. The minimum atomic E-state index is 0.668. The van der Waals surface area contributed by atoms with Crippen LogP contribution in [-0.2, 0) is 0 Å². The maximum atomic E-state index is 5.51. The van der Waals surface area contributed by atoms with Crippen molar-refractivity contribution in [2.24, 2.45) is 0 Å². The van der Waals surface area contributed by atoms with Crippen molar-refractivity contribution in [1.82, 2.24) is 14.5 Å². The lowest BCUT2D eigenvalue weighted by Crippen LogP contribution is -1.94. The van der Waals surface area contributed by atoms with E-state index < -0.39 is 0 Å². The molecule has 2 aromatic heterocycles. The van der Waals surface area contributed by atoms with Gasteiger partial charge in [-0.15, -0.1) is 0 Å². The molecule has 0 radical (unpaired) electrons. The topological polar surface area (TPSA) is 33.6 Å². The fraction of sp³-hybridized carbons (Fsp3) is 0. The molecular weight excluding hydrogens is 346 g/mol. The van der Waals surface area contributed by atoms with E-state index in [2.05, 4.69) is 42.6 Å². The molecule has 3 nitrogen and oxygen atoms in total. The van der Waals surface area contributed by atoms with E-state index in [9.17, 15) is 0 Å². The summed E-state index contributed by atoms with van der Waals surface area (Å²) in [5.41, 5.74) is 3.99. The zero-order valence-corrected chi connectivity index (χ0v) is 13.3. The molecule has 21 heavy (non-hydrogen) atoms. The number of imidazole rings is 1. The van der Waals surface area contributed by atoms with E-state index >= 15 is 0 Å². The largest absolute Gasteiger partial charge is 0.329 e. The van der Waals surface area contributed by atoms with Crippen LogP contribution in [0, 0.1) is 4.77 Å². The monoisotopic (exact) mass is 355 g/mol. The van der Waals surface area contributed by atoms with E-state index in [1.54, 1.807) is 0 Å². The van der Waals surface area contributed by atoms with Gasteiger partial charge >= 0.3 is 0 Å². The fourth-order valence-corrected chi connectivity index (χ4v) is 3.29. The van der Waals surface area contributed by atoms with Crippen LogP contribution in [-0.4, -0.2) is 14.5 Å². The molecule has 102 valence electrons. The maximum absolute atomic E-state index is 5.51. The summed E-state index contributed by atoms with van der Waals surface area (Å²) >= 11 is 9.02. The summed E-state index contributed by atoms with van der Waals surface area (Å²) in [6.45, 7) is 0. The highest BCUT2D eigenvalue weighted by Crippen LogP contribution is 2.27. The molecule has 0 aliphatic rings. The third-order valence-corrected chi connectivity index (χ3v) is 4.26. The van der Waals surface area contributed by atoms with Crippen LogP contribution in [0.3, 0.4) is 0 Å². The zero-order chi connectivity index (χ0) is 14.4. The molecule has 0 fully saturated rings. The van der Waals surface area contributed by atoms with E-state index in [4.69, 9.17) is 12.2 Å². The van der Waals surface area contributed by atoms with Crippen LogP contribution in [0.2, 0.25) is 0 Å². The summed E-state index contributed by atoms with van der Waals surface area (Å²) in [5, 5.41) is 1.09. The Labute approximate surface area is 134 Å². The molecule has 0 aliphatic carbocycles. The van der Waals surface area contributed by atoms with Crippen LogP contribution >= 0.6 is 28.1 Å². The molecule has 0 spiro atoms. The average Bonchev–Trinajstić information content (AvgIpc) is 2.83. The number of fused-ring (bicyclic) bond motifs is 3. The second-order valence-corrected chi connectivity index (χ2v) is 6.09. The first-order valence-electron chi connectivity index (χ1n) is 6.48. The van der Waals surface area contributed by atoms with E-state index in [1.165, 1.54) is 0 Å². The number of hydrogen-bond acceptors (Lipinski definition) is 2. The van der Waals surface area contributed by atoms with Gasteiger partial charge in [0.2, 0.25) is 0 Å². The quantitative estimate of drug-likeness (QED) is 0.487. The van der Waals surface area contributed by atoms with Crippen molar-refractivity contribution in [3.63, 3.8) is 0 Å². The fourth-order valence-electron chi connectivity index (χ4n) is 2.59. The van der Waals surface area contributed by atoms with Gasteiger partial charge in [-0.1, -0.05) is 40.2 Å². The lowest BCUT2D eigenvalue weighted by molar-refractivity contribution is 1.07. The van der Waals surface area contributed by atoms with Crippen LogP contribution < -0.4 is 0 Å². The molecule has 0 saturated carbocycles. The van der Waals surface area contributed by atoms with Crippen molar-refractivity contribution in [2.45, 2.75) is 0 Å². The Morgan fingerprint density at radius 3 is 2.81 bits per heavy atom. The standard InChI is InChI=1S/C16H10BrN3S/c17-10-4-3-5-11(8-10)20-15-12-6-1-2-7-13(12)18-9-14(15)19-16(20)21/h1-9H,(H,19,21). The highest BCUT2D eigenvalue weighted by Gasteiger charge is 2.10. The van der Waals surface area contributed by atoms with Crippen LogP contribution in [0.1, 0.15) is 0 Å². The first-order valence-corrected chi connectivity index (χ1v) is 7.68. The number of pyridine rings is 1. The number of H-pyrrole nitrogens is 1. The Hall–Kier alpha value is -1.98. The highest BCUT2D eigenvalue weighted by atomic mass is 79.9. The first-order chi connectivity index (χ1) is 10.2. The SMILES string of the molecule is S=c1[nH]c2cnc3ccccc3c2n1-c1cccc(Br)c1. The Bertz CT molecular complexity index is 1030. The molecule has 4 aromatic rings. The molecular formula is C16H10BrN3S.